The summed E-state index contributed by atoms with van der Waals surface area (Å²) in [5, 5.41) is 9.81. The average molecular weight is 669 g/mol. The monoisotopic (exact) mass is 668 g/mol. The zero-order valence-corrected chi connectivity index (χ0v) is 30.2. The number of allylic oxidation sites excluding steroid dienone is 3. The first kappa shape index (κ1) is 41.9. The number of hydrogen-bond acceptors (Lipinski definition) is 3. The third-order valence-corrected chi connectivity index (χ3v) is 5.99. The van der Waals surface area contributed by atoms with E-state index < -0.39 is 0 Å². The van der Waals surface area contributed by atoms with Gasteiger partial charge in [-0.15, -0.1) is 12.5 Å². The van der Waals surface area contributed by atoms with E-state index in [-0.39, 0.29) is 38.7 Å². The van der Waals surface area contributed by atoms with Gasteiger partial charge in [-0.1, -0.05) is 88.2 Å². The number of unbranched alkanes of at least 4 members (excludes halogenated alkanes) is 1. The third-order valence-electron chi connectivity index (χ3n) is 5.99. The Kier molecular flexibility index (Phi) is 19.3. The molecule has 234 valence electrons. The predicted molar refractivity (Wildman–Crippen MR) is 187 cm³/mol. The molecule has 0 fully saturated rings. The Morgan fingerprint density at radius 1 is 0.977 bits per heavy atom. The SMILES string of the molecule is C=C(C)CCCC#CC(C)(C)C.CC.CC#N.CN=C1C(=NC2=C=CC=C2C(C)(C)C)c2cccc3cccc1c23.[CH3-].[Pd]. The Labute approximate surface area is 277 Å². The van der Waals surface area contributed by atoms with Gasteiger partial charge in [0.25, 0.3) is 0 Å². The van der Waals surface area contributed by atoms with Gasteiger partial charge in [-0.3, -0.25) is 4.99 Å². The smallest absolute Gasteiger partial charge is 0.109 e. The summed E-state index contributed by atoms with van der Waals surface area (Å²) in [6.07, 6.45) is 7.34. The molecule has 4 heteroatoms. The van der Waals surface area contributed by atoms with Gasteiger partial charge in [-0.25, -0.2) is 4.99 Å². The van der Waals surface area contributed by atoms with Crippen LogP contribution in [0.3, 0.4) is 0 Å². The molecule has 0 unspecified atom stereocenters. The van der Waals surface area contributed by atoms with Crippen molar-refractivity contribution in [2.45, 2.75) is 88.5 Å². The van der Waals surface area contributed by atoms with Crippen molar-refractivity contribution >= 4 is 22.2 Å². The zero-order valence-electron chi connectivity index (χ0n) is 28.6. The van der Waals surface area contributed by atoms with Gasteiger partial charge >= 0.3 is 0 Å². The first-order valence-electron chi connectivity index (χ1n) is 14.6. The van der Waals surface area contributed by atoms with E-state index in [0.29, 0.717) is 0 Å². The van der Waals surface area contributed by atoms with Crippen LogP contribution >= 0.6 is 0 Å². The maximum atomic E-state index is 7.32. The molecule has 0 amide bonds. The van der Waals surface area contributed by atoms with Gasteiger partial charge in [-0.05, 0) is 69.1 Å². The van der Waals surface area contributed by atoms with E-state index in [1.807, 2.05) is 27.0 Å². The van der Waals surface area contributed by atoms with E-state index in [4.69, 9.17) is 10.3 Å². The van der Waals surface area contributed by atoms with Crippen LogP contribution < -0.4 is 0 Å². The van der Waals surface area contributed by atoms with E-state index in [0.717, 1.165) is 41.9 Å². The van der Waals surface area contributed by atoms with Gasteiger partial charge in [0.2, 0.25) is 0 Å². The summed E-state index contributed by atoms with van der Waals surface area (Å²) in [5.74, 6) is 6.41. The van der Waals surface area contributed by atoms with Crippen molar-refractivity contribution < 1.29 is 20.4 Å². The molecule has 0 radical (unpaired) electrons. The first-order chi connectivity index (χ1) is 19.3. The first-order valence-corrected chi connectivity index (χ1v) is 14.6. The van der Waals surface area contributed by atoms with Crippen molar-refractivity contribution in [1.82, 2.24) is 0 Å². The Hall–Kier alpha value is -3.25. The number of nitriles is 1. The van der Waals surface area contributed by atoms with Crippen molar-refractivity contribution in [3.63, 3.8) is 0 Å². The number of rotatable bonds is 4. The molecule has 2 aromatic carbocycles. The summed E-state index contributed by atoms with van der Waals surface area (Å²) in [7, 11) is 1.84. The fraction of sp³-hybridized carbons (Fsp3) is 0.410. The standard InChI is InChI=1S/C22H20N2.C12H20.C2H3N.C2H6.CH3.Pd/c1-22(2,3)17-12-7-13-18(17)24-21-16-11-6-9-14-8-5-10-15(19(14)16)20(21)23-4;1-11(2)9-7-6-8-10-12(3,4)5;1-2-3;1-2;;/h5-12H,1-4H3;1,6-7,9H2,2-5H3;1H3;1-2H3;1H3;/q;;;;-1;. The minimum absolute atomic E-state index is 0. The molecule has 2 aromatic rings. The predicted octanol–water partition coefficient (Wildman–Crippen LogP) is 10.9. The number of aliphatic imine (C=N–C) groups is 2. The molecule has 0 spiro atoms. The van der Waals surface area contributed by atoms with Crippen molar-refractivity contribution in [2.75, 3.05) is 7.05 Å². The molecule has 43 heavy (non-hydrogen) atoms. The minimum atomic E-state index is 0. The molecule has 4 rings (SSSR count). The molecule has 0 bridgehead atoms. The number of benzene rings is 2. The topological polar surface area (TPSA) is 48.5 Å². The van der Waals surface area contributed by atoms with Crippen molar-refractivity contribution in [3.05, 3.63) is 96.3 Å². The normalized spacial score (nSPS) is 14.1. The van der Waals surface area contributed by atoms with Crippen LogP contribution in [0.25, 0.3) is 10.8 Å². The fourth-order valence-electron chi connectivity index (χ4n) is 4.31. The van der Waals surface area contributed by atoms with E-state index in [2.05, 4.69) is 120 Å². The molecule has 0 atom stereocenters. The summed E-state index contributed by atoms with van der Waals surface area (Å²) in [5.41, 5.74) is 11.2. The van der Waals surface area contributed by atoms with Gasteiger partial charge in [0.1, 0.15) is 5.70 Å². The molecule has 0 heterocycles. The van der Waals surface area contributed by atoms with Gasteiger partial charge in [0.05, 0.1) is 17.5 Å². The zero-order chi connectivity index (χ0) is 31.2. The Bertz CT molecular complexity index is 1470. The van der Waals surface area contributed by atoms with E-state index >= 15 is 0 Å². The number of nitrogens with zero attached hydrogens (tertiary/aromatic N) is 3. The Balaban J connectivity index is 0. The van der Waals surface area contributed by atoms with Crippen molar-refractivity contribution in [2.24, 2.45) is 20.8 Å². The fourth-order valence-corrected chi connectivity index (χ4v) is 4.31. The summed E-state index contributed by atoms with van der Waals surface area (Å²) >= 11 is 0. The Morgan fingerprint density at radius 2 is 1.51 bits per heavy atom. The molecule has 0 aromatic heterocycles. The minimum Gasteiger partial charge on any atom is -0.358 e. The van der Waals surface area contributed by atoms with Gasteiger partial charge < -0.3 is 7.43 Å². The second-order valence-corrected chi connectivity index (χ2v) is 11.8. The summed E-state index contributed by atoms with van der Waals surface area (Å²) in [6.45, 7) is 24.4. The molecule has 2 aliphatic rings. The van der Waals surface area contributed by atoms with Crippen LogP contribution in [0, 0.1) is 41.4 Å². The third kappa shape index (κ3) is 12.9. The maximum absolute atomic E-state index is 7.32. The van der Waals surface area contributed by atoms with E-state index in [1.54, 1.807) is 6.07 Å². The second kappa shape index (κ2) is 19.8. The molecule has 0 N–H and O–H groups in total. The van der Waals surface area contributed by atoms with E-state index in [1.165, 1.54) is 34.4 Å². The average Bonchev–Trinajstić information content (AvgIpc) is 3.50. The molecule has 3 nitrogen and oxygen atoms in total. The van der Waals surface area contributed by atoms with Gasteiger partial charge in [-0.2, -0.15) is 5.26 Å². The largest absolute Gasteiger partial charge is 0.358 e. The maximum Gasteiger partial charge on any atom is 0.109 e. The van der Waals surface area contributed by atoms with Crippen LogP contribution in [0.1, 0.15) is 99.6 Å². The van der Waals surface area contributed by atoms with Crippen LogP contribution in [0.2, 0.25) is 0 Å². The van der Waals surface area contributed by atoms with Crippen LogP contribution in [0.15, 0.2) is 87.7 Å². The molecule has 0 saturated carbocycles. The van der Waals surface area contributed by atoms with Crippen LogP contribution in [-0.4, -0.2) is 18.5 Å². The molecule has 0 aliphatic heterocycles. The molecule has 0 saturated heterocycles. The van der Waals surface area contributed by atoms with Crippen molar-refractivity contribution in [1.29, 1.82) is 5.26 Å². The van der Waals surface area contributed by atoms with E-state index in [9.17, 15) is 0 Å². The van der Waals surface area contributed by atoms with Crippen LogP contribution in [-0.2, 0) is 20.4 Å². The second-order valence-electron chi connectivity index (χ2n) is 11.8. The molecular weight excluding hydrogens is 617 g/mol. The quantitative estimate of drug-likeness (QED) is 0.0798. The van der Waals surface area contributed by atoms with Crippen molar-refractivity contribution in [3.8, 4) is 17.9 Å². The van der Waals surface area contributed by atoms with Crippen LogP contribution in [0.5, 0.6) is 0 Å². The molecular formula is C39H52N3Pd-. The summed E-state index contributed by atoms with van der Waals surface area (Å²) < 4.78 is 0. The Morgan fingerprint density at radius 3 is 1.98 bits per heavy atom. The number of hydrogen-bond donors (Lipinski definition) is 0. The summed E-state index contributed by atoms with van der Waals surface area (Å²) in [4.78, 5) is 9.56. The summed E-state index contributed by atoms with van der Waals surface area (Å²) in [6, 6.07) is 14.5. The van der Waals surface area contributed by atoms with Gasteiger partial charge in [0, 0.05) is 62.7 Å². The molecule has 2 aliphatic carbocycles. The van der Waals surface area contributed by atoms with Gasteiger partial charge in [0.15, 0.2) is 0 Å². The van der Waals surface area contributed by atoms with Crippen LogP contribution in [0.4, 0.5) is 0 Å².